The number of rotatable bonds is 9. The summed E-state index contributed by atoms with van der Waals surface area (Å²) in [5.74, 6) is -0.927. The summed E-state index contributed by atoms with van der Waals surface area (Å²) in [7, 11) is 2.70. The van der Waals surface area contributed by atoms with Crippen LogP contribution in [-0.2, 0) is 19.1 Å². The van der Waals surface area contributed by atoms with Crippen molar-refractivity contribution in [2.75, 3.05) is 26.1 Å². The molecule has 0 saturated heterocycles. The Balaban J connectivity index is 1.94. The number of para-hydroxylation sites is 1. The zero-order valence-corrected chi connectivity index (χ0v) is 19.8. The Labute approximate surface area is 195 Å². The molecule has 2 aromatic carbocycles. The van der Waals surface area contributed by atoms with E-state index in [9.17, 15) is 14.4 Å². The average molecular weight is 557 g/mol. The topological polar surface area (TPSA) is 115 Å². The van der Waals surface area contributed by atoms with Gasteiger partial charge < -0.3 is 19.5 Å². The molecule has 2 N–H and O–H groups in total. The lowest BCUT2D eigenvalue weighted by Gasteiger charge is -2.12. The molecule has 2 rings (SSSR count). The first kappa shape index (κ1) is 24.4. The Hall–Kier alpha value is -2.92. The highest BCUT2D eigenvalue weighted by atomic mass is 79.9. The van der Waals surface area contributed by atoms with Crippen LogP contribution in [0.25, 0.3) is 0 Å². The molecule has 0 radical (unpaired) electrons. The van der Waals surface area contributed by atoms with Crippen LogP contribution >= 0.6 is 31.9 Å². The minimum atomic E-state index is -0.579. The molecule has 2 aromatic rings. The zero-order valence-electron chi connectivity index (χ0n) is 16.6. The fourth-order valence-corrected chi connectivity index (χ4v) is 3.22. The summed E-state index contributed by atoms with van der Waals surface area (Å²) in [4.78, 5) is 35.2. The molecule has 164 valence electrons. The number of carbonyl (C=O) groups is 3. The second-order valence-electron chi connectivity index (χ2n) is 5.90. The third-order valence-electron chi connectivity index (χ3n) is 3.69. The third kappa shape index (κ3) is 7.68. The number of carbonyl (C=O) groups excluding carboxylic acids is 3. The van der Waals surface area contributed by atoms with Crippen molar-refractivity contribution in [3.8, 4) is 11.5 Å². The van der Waals surface area contributed by atoms with E-state index in [1.165, 1.54) is 20.4 Å². The number of hydrogen-bond acceptors (Lipinski definition) is 7. The van der Waals surface area contributed by atoms with Crippen LogP contribution in [0.2, 0.25) is 0 Å². The van der Waals surface area contributed by atoms with Gasteiger partial charge in [0.2, 0.25) is 11.8 Å². The van der Waals surface area contributed by atoms with E-state index in [0.717, 1.165) is 0 Å². The number of halogens is 2. The van der Waals surface area contributed by atoms with Crippen molar-refractivity contribution in [1.29, 1.82) is 0 Å². The van der Waals surface area contributed by atoms with Gasteiger partial charge in [0.05, 0.1) is 30.6 Å². The van der Waals surface area contributed by atoms with Crippen molar-refractivity contribution in [2.45, 2.75) is 6.42 Å². The van der Waals surface area contributed by atoms with Gasteiger partial charge in [-0.15, -0.1) is 0 Å². The fraction of sp³-hybridized carbons (Fsp3) is 0.200. The molecule has 31 heavy (non-hydrogen) atoms. The van der Waals surface area contributed by atoms with Gasteiger partial charge in [-0.25, -0.2) is 10.2 Å². The molecule has 0 fully saturated rings. The number of benzene rings is 2. The van der Waals surface area contributed by atoms with Gasteiger partial charge in [0.15, 0.2) is 18.1 Å². The van der Waals surface area contributed by atoms with E-state index >= 15 is 0 Å². The molecular formula is C20H19Br2N3O6. The van der Waals surface area contributed by atoms with Crippen LogP contribution in [0.5, 0.6) is 11.5 Å². The lowest BCUT2D eigenvalue weighted by atomic mass is 10.2. The number of esters is 1. The monoisotopic (exact) mass is 555 g/mol. The van der Waals surface area contributed by atoms with Gasteiger partial charge in [-0.3, -0.25) is 9.59 Å². The number of hydrazone groups is 1. The van der Waals surface area contributed by atoms with Crippen molar-refractivity contribution in [1.82, 2.24) is 5.43 Å². The van der Waals surface area contributed by atoms with Crippen LogP contribution in [0.15, 0.2) is 50.4 Å². The molecule has 0 spiro atoms. The van der Waals surface area contributed by atoms with Gasteiger partial charge in [0.25, 0.3) is 0 Å². The molecule has 9 nitrogen and oxygen atoms in total. The van der Waals surface area contributed by atoms with Gasteiger partial charge in [0.1, 0.15) is 6.42 Å². The van der Waals surface area contributed by atoms with E-state index in [0.29, 0.717) is 31.7 Å². The zero-order chi connectivity index (χ0) is 22.8. The van der Waals surface area contributed by atoms with Gasteiger partial charge in [-0.2, -0.15) is 5.10 Å². The number of hydrogen-bond donors (Lipinski definition) is 2. The second-order valence-corrected chi connectivity index (χ2v) is 7.61. The number of methoxy groups -OCH3 is 2. The van der Waals surface area contributed by atoms with E-state index < -0.39 is 24.2 Å². The number of nitrogens with one attached hydrogen (secondary N) is 2. The normalized spacial score (nSPS) is 10.5. The number of anilines is 1. The van der Waals surface area contributed by atoms with Crippen molar-refractivity contribution < 1.29 is 28.6 Å². The maximum absolute atomic E-state index is 12.0. The van der Waals surface area contributed by atoms with Crippen molar-refractivity contribution in [3.05, 3.63) is 50.9 Å². The molecule has 0 heterocycles. The predicted molar refractivity (Wildman–Crippen MR) is 121 cm³/mol. The maximum Gasteiger partial charge on any atom is 0.343 e. The van der Waals surface area contributed by atoms with E-state index in [2.05, 4.69) is 52.4 Å². The first-order chi connectivity index (χ1) is 14.8. The van der Waals surface area contributed by atoms with Gasteiger partial charge in [-0.05, 0) is 61.7 Å². The molecular weight excluding hydrogens is 538 g/mol. The predicted octanol–water partition coefficient (Wildman–Crippen LogP) is 3.25. The summed E-state index contributed by atoms with van der Waals surface area (Å²) < 4.78 is 16.4. The molecule has 0 atom stereocenters. The Bertz CT molecular complexity index is 997. The van der Waals surface area contributed by atoms with E-state index in [1.54, 1.807) is 30.3 Å². The molecule has 0 aromatic heterocycles. The quantitative estimate of drug-likeness (QED) is 0.212. The summed E-state index contributed by atoms with van der Waals surface area (Å²) in [6, 6.07) is 10.3. The van der Waals surface area contributed by atoms with Crippen LogP contribution in [0.4, 0.5) is 5.69 Å². The SMILES string of the molecule is COC(=O)COc1c(Br)cc(C=NNC(=O)CC(=O)Nc2ccccc2Br)cc1OC. The lowest BCUT2D eigenvalue weighted by molar-refractivity contribution is -0.143. The average Bonchev–Trinajstić information content (AvgIpc) is 2.73. The minimum absolute atomic E-state index is 0.281. The van der Waals surface area contributed by atoms with E-state index in [-0.39, 0.29) is 6.61 Å². The molecule has 0 aliphatic heterocycles. The first-order valence-electron chi connectivity index (χ1n) is 8.77. The number of amides is 2. The highest BCUT2D eigenvalue weighted by Gasteiger charge is 2.14. The molecule has 0 unspecified atom stereocenters. The summed E-state index contributed by atoms with van der Waals surface area (Å²) in [5, 5.41) is 6.48. The summed E-state index contributed by atoms with van der Waals surface area (Å²) in [5.41, 5.74) is 3.43. The Morgan fingerprint density at radius 1 is 1.06 bits per heavy atom. The Morgan fingerprint density at radius 3 is 2.48 bits per heavy atom. The van der Waals surface area contributed by atoms with Gasteiger partial charge >= 0.3 is 5.97 Å². The third-order valence-corrected chi connectivity index (χ3v) is 4.97. The molecule has 2 amide bonds. The Kier molecular flexibility index (Phi) is 9.47. The molecule has 0 saturated carbocycles. The summed E-state index contributed by atoms with van der Waals surface area (Å²) >= 11 is 6.66. The first-order valence-corrected chi connectivity index (χ1v) is 10.4. The smallest absolute Gasteiger partial charge is 0.343 e. The Morgan fingerprint density at radius 2 is 1.81 bits per heavy atom. The lowest BCUT2D eigenvalue weighted by Crippen LogP contribution is -2.24. The second kappa shape index (κ2) is 12.1. The van der Waals surface area contributed by atoms with Crippen LogP contribution in [0.3, 0.4) is 0 Å². The highest BCUT2D eigenvalue weighted by Crippen LogP contribution is 2.36. The summed E-state index contributed by atoms with van der Waals surface area (Å²) in [6.45, 7) is -0.281. The van der Waals surface area contributed by atoms with Crippen LogP contribution in [0.1, 0.15) is 12.0 Å². The van der Waals surface area contributed by atoms with E-state index in [1.807, 2.05) is 6.07 Å². The number of ether oxygens (including phenoxy) is 3. The molecule has 0 bridgehead atoms. The molecule has 11 heteroatoms. The van der Waals surface area contributed by atoms with Crippen molar-refractivity contribution in [3.63, 3.8) is 0 Å². The molecule has 0 aliphatic carbocycles. The van der Waals surface area contributed by atoms with Crippen molar-refractivity contribution in [2.24, 2.45) is 5.10 Å². The standard InChI is InChI=1S/C20H19Br2N3O6/c1-29-16-8-12(7-14(22)20(16)31-11-19(28)30-2)10-23-25-18(27)9-17(26)24-15-6-4-3-5-13(15)21/h3-8,10H,9,11H2,1-2H3,(H,24,26)(H,25,27). The summed E-state index contributed by atoms with van der Waals surface area (Å²) in [6.07, 6.45) is 0.979. The number of nitrogens with zero attached hydrogens (tertiary/aromatic N) is 1. The van der Waals surface area contributed by atoms with Crippen LogP contribution in [0, 0.1) is 0 Å². The largest absolute Gasteiger partial charge is 0.493 e. The van der Waals surface area contributed by atoms with Crippen molar-refractivity contribution >= 4 is 61.5 Å². The van der Waals surface area contributed by atoms with Gasteiger partial charge in [0, 0.05) is 4.47 Å². The molecule has 0 aliphatic rings. The highest BCUT2D eigenvalue weighted by molar-refractivity contribution is 9.11. The van der Waals surface area contributed by atoms with E-state index in [4.69, 9.17) is 9.47 Å². The fourth-order valence-electron chi connectivity index (χ4n) is 2.27. The van der Waals surface area contributed by atoms with Crippen LogP contribution < -0.4 is 20.2 Å². The maximum atomic E-state index is 12.0. The van der Waals surface area contributed by atoms with Gasteiger partial charge in [-0.1, -0.05) is 12.1 Å². The van der Waals surface area contributed by atoms with Crippen LogP contribution in [-0.4, -0.2) is 44.8 Å². The minimum Gasteiger partial charge on any atom is -0.493 e.